The fourth-order valence-electron chi connectivity index (χ4n) is 2.13. The Bertz CT molecular complexity index is 659. The Morgan fingerprint density at radius 2 is 1.68 bits per heavy atom. The molecule has 4 nitrogen and oxygen atoms in total. The minimum Gasteiger partial charge on any atom is -0.349 e. The molecule has 1 atom stereocenters. The molecule has 0 fully saturated rings. The van der Waals surface area contributed by atoms with Crippen LogP contribution in [-0.4, -0.2) is 11.8 Å². The van der Waals surface area contributed by atoms with Crippen LogP contribution < -0.4 is 10.6 Å². The molecule has 114 valence electrons. The first kappa shape index (κ1) is 16.2. The van der Waals surface area contributed by atoms with Gasteiger partial charge in [0.2, 0.25) is 11.8 Å². The van der Waals surface area contributed by atoms with Gasteiger partial charge in [-0.15, -0.1) is 0 Å². The number of rotatable bonds is 5. The predicted molar refractivity (Wildman–Crippen MR) is 90.4 cm³/mol. The molecule has 2 aromatic rings. The van der Waals surface area contributed by atoms with Gasteiger partial charge >= 0.3 is 0 Å². The van der Waals surface area contributed by atoms with E-state index in [1.807, 2.05) is 54.6 Å². The molecule has 2 amide bonds. The average molecular weight is 361 g/mol. The first-order chi connectivity index (χ1) is 10.6. The van der Waals surface area contributed by atoms with Crippen LogP contribution in [0.4, 0.5) is 5.69 Å². The van der Waals surface area contributed by atoms with E-state index in [4.69, 9.17) is 0 Å². The Morgan fingerprint density at radius 1 is 1.05 bits per heavy atom. The molecule has 0 heterocycles. The monoisotopic (exact) mass is 360 g/mol. The van der Waals surface area contributed by atoms with Gasteiger partial charge in [0.25, 0.3) is 0 Å². The topological polar surface area (TPSA) is 58.2 Å². The Balaban J connectivity index is 2.08. The number of amides is 2. The van der Waals surface area contributed by atoms with Crippen molar-refractivity contribution >= 4 is 33.4 Å². The number of benzene rings is 2. The van der Waals surface area contributed by atoms with Gasteiger partial charge in [0, 0.05) is 11.4 Å². The largest absolute Gasteiger partial charge is 0.349 e. The third kappa shape index (κ3) is 4.70. The summed E-state index contributed by atoms with van der Waals surface area (Å²) >= 11 is 3.39. The molecular formula is C17H17BrN2O2. The van der Waals surface area contributed by atoms with Gasteiger partial charge < -0.3 is 10.6 Å². The highest BCUT2D eigenvalue weighted by molar-refractivity contribution is 9.10. The number of halogens is 1. The normalized spacial score (nSPS) is 11.5. The van der Waals surface area contributed by atoms with Crippen LogP contribution >= 0.6 is 15.9 Å². The molecule has 5 heteroatoms. The van der Waals surface area contributed by atoms with Gasteiger partial charge in [-0.1, -0.05) is 42.5 Å². The van der Waals surface area contributed by atoms with E-state index in [9.17, 15) is 9.59 Å². The van der Waals surface area contributed by atoms with Gasteiger partial charge in [0.15, 0.2) is 0 Å². The zero-order valence-corrected chi connectivity index (χ0v) is 13.8. The van der Waals surface area contributed by atoms with Crippen molar-refractivity contribution in [1.29, 1.82) is 0 Å². The number of para-hydroxylation sites is 1. The highest BCUT2D eigenvalue weighted by atomic mass is 79.9. The van der Waals surface area contributed by atoms with Crippen LogP contribution in [0.2, 0.25) is 0 Å². The number of carbonyl (C=O) groups excluding carboxylic acids is 2. The molecule has 0 aliphatic heterocycles. The van der Waals surface area contributed by atoms with E-state index < -0.39 is 0 Å². The zero-order chi connectivity index (χ0) is 15.9. The van der Waals surface area contributed by atoms with Crippen LogP contribution in [0.5, 0.6) is 0 Å². The van der Waals surface area contributed by atoms with Crippen LogP contribution in [0.1, 0.15) is 24.9 Å². The lowest BCUT2D eigenvalue weighted by Crippen LogP contribution is -2.29. The van der Waals surface area contributed by atoms with Crippen molar-refractivity contribution in [3.63, 3.8) is 0 Å². The fraction of sp³-hybridized carbons (Fsp3) is 0.176. The minimum absolute atomic E-state index is 0.158. The number of carbonyl (C=O) groups is 2. The molecule has 0 aliphatic carbocycles. The lowest BCUT2D eigenvalue weighted by Gasteiger charge is -2.18. The highest BCUT2D eigenvalue weighted by Crippen LogP contribution is 2.23. The summed E-state index contributed by atoms with van der Waals surface area (Å²) in [4.78, 5) is 23.6. The maximum absolute atomic E-state index is 12.2. The van der Waals surface area contributed by atoms with Crippen LogP contribution in [0.15, 0.2) is 59.1 Å². The van der Waals surface area contributed by atoms with Crippen molar-refractivity contribution in [2.24, 2.45) is 0 Å². The van der Waals surface area contributed by atoms with Crippen molar-refractivity contribution in [3.8, 4) is 0 Å². The Labute approximate surface area is 138 Å². The summed E-state index contributed by atoms with van der Waals surface area (Å²) in [5, 5.41) is 5.66. The van der Waals surface area contributed by atoms with Crippen molar-refractivity contribution in [3.05, 3.63) is 64.6 Å². The van der Waals surface area contributed by atoms with E-state index in [0.717, 1.165) is 10.0 Å². The van der Waals surface area contributed by atoms with Gasteiger partial charge in [-0.25, -0.2) is 0 Å². The maximum Gasteiger partial charge on any atom is 0.226 e. The summed E-state index contributed by atoms with van der Waals surface area (Å²) in [6, 6.07) is 16.5. The van der Waals surface area contributed by atoms with Crippen LogP contribution in [0.25, 0.3) is 0 Å². The molecule has 0 saturated heterocycles. The van der Waals surface area contributed by atoms with E-state index in [-0.39, 0.29) is 24.3 Å². The van der Waals surface area contributed by atoms with Gasteiger partial charge in [-0.05, 0) is 33.6 Å². The van der Waals surface area contributed by atoms with Gasteiger partial charge in [0.1, 0.15) is 0 Å². The Kier molecular flexibility index (Phi) is 5.72. The minimum atomic E-state index is -0.346. The maximum atomic E-state index is 12.2. The molecule has 0 radical (unpaired) electrons. The zero-order valence-electron chi connectivity index (χ0n) is 12.2. The molecule has 0 bridgehead atoms. The third-order valence-corrected chi connectivity index (χ3v) is 3.81. The number of hydrogen-bond acceptors (Lipinski definition) is 2. The van der Waals surface area contributed by atoms with Crippen LogP contribution in [0.3, 0.4) is 0 Å². The number of hydrogen-bond donors (Lipinski definition) is 2. The third-order valence-electron chi connectivity index (χ3n) is 3.12. The van der Waals surface area contributed by atoms with E-state index in [2.05, 4.69) is 26.6 Å². The summed E-state index contributed by atoms with van der Waals surface area (Å²) in [6.45, 7) is 1.45. The van der Waals surface area contributed by atoms with Gasteiger partial charge in [-0.3, -0.25) is 9.59 Å². The standard InChI is InChI=1S/C17H17BrN2O2/c1-12(21)19-16(13-7-3-2-4-8-13)11-17(22)20-15-10-6-5-9-14(15)18/h2-10,16H,11H2,1H3,(H,19,21)(H,20,22). The number of anilines is 1. The Morgan fingerprint density at radius 3 is 2.32 bits per heavy atom. The predicted octanol–water partition coefficient (Wildman–Crippen LogP) is 3.66. The van der Waals surface area contributed by atoms with E-state index in [1.165, 1.54) is 6.92 Å². The Hall–Kier alpha value is -2.14. The van der Waals surface area contributed by atoms with Crippen molar-refractivity contribution in [2.45, 2.75) is 19.4 Å². The average Bonchev–Trinajstić information content (AvgIpc) is 2.49. The lowest BCUT2D eigenvalue weighted by atomic mass is 10.0. The lowest BCUT2D eigenvalue weighted by molar-refractivity contribution is -0.120. The van der Waals surface area contributed by atoms with Crippen molar-refractivity contribution in [1.82, 2.24) is 5.32 Å². The molecule has 2 rings (SSSR count). The SMILES string of the molecule is CC(=O)NC(CC(=O)Nc1ccccc1Br)c1ccccc1. The molecule has 22 heavy (non-hydrogen) atoms. The molecule has 2 N–H and O–H groups in total. The van der Waals surface area contributed by atoms with Crippen LogP contribution in [-0.2, 0) is 9.59 Å². The molecule has 0 saturated carbocycles. The van der Waals surface area contributed by atoms with E-state index in [0.29, 0.717) is 5.69 Å². The molecule has 0 spiro atoms. The second kappa shape index (κ2) is 7.75. The summed E-state index contributed by atoms with van der Waals surface area (Å²) in [5.74, 6) is -0.322. The van der Waals surface area contributed by atoms with Crippen molar-refractivity contribution < 1.29 is 9.59 Å². The molecule has 2 aromatic carbocycles. The second-order valence-corrected chi connectivity index (χ2v) is 5.75. The first-order valence-electron chi connectivity index (χ1n) is 6.92. The summed E-state index contributed by atoms with van der Waals surface area (Å²) in [6.07, 6.45) is 0.172. The summed E-state index contributed by atoms with van der Waals surface area (Å²) < 4.78 is 0.819. The first-order valence-corrected chi connectivity index (χ1v) is 7.72. The molecule has 0 aromatic heterocycles. The van der Waals surface area contributed by atoms with E-state index in [1.54, 1.807) is 0 Å². The van der Waals surface area contributed by atoms with Crippen molar-refractivity contribution in [2.75, 3.05) is 5.32 Å². The number of nitrogens with one attached hydrogen (secondary N) is 2. The van der Waals surface area contributed by atoms with Crippen LogP contribution in [0, 0.1) is 0 Å². The van der Waals surface area contributed by atoms with Gasteiger partial charge in [0.05, 0.1) is 18.2 Å². The fourth-order valence-corrected chi connectivity index (χ4v) is 2.52. The van der Waals surface area contributed by atoms with Gasteiger partial charge in [-0.2, -0.15) is 0 Å². The quantitative estimate of drug-likeness (QED) is 0.854. The summed E-state index contributed by atoms with van der Waals surface area (Å²) in [5.41, 5.74) is 1.61. The summed E-state index contributed by atoms with van der Waals surface area (Å²) in [7, 11) is 0. The second-order valence-electron chi connectivity index (χ2n) is 4.90. The smallest absolute Gasteiger partial charge is 0.226 e. The van der Waals surface area contributed by atoms with E-state index >= 15 is 0 Å². The molecule has 1 unspecified atom stereocenters. The molecular weight excluding hydrogens is 344 g/mol. The highest BCUT2D eigenvalue weighted by Gasteiger charge is 2.17. The molecule has 0 aliphatic rings.